The summed E-state index contributed by atoms with van der Waals surface area (Å²) in [5.74, 6) is -0.182. The topological polar surface area (TPSA) is 41.5 Å². The first-order valence-electron chi connectivity index (χ1n) is 9.72. The molecule has 0 heterocycles. The van der Waals surface area contributed by atoms with Crippen LogP contribution in [0.15, 0.2) is 82.4 Å². The molecule has 0 radical (unpaired) electrons. The summed E-state index contributed by atoms with van der Waals surface area (Å²) < 4.78 is 0.943. The zero-order valence-corrected chi connectivity index (χ0v) is 18.1. The summed E-state index contributed by atoms with van der Waals surface area (Å²) in [7, 11) is 0. The van der Waals surface area contributed by atoms with Crippen LogP contribution in [-0.4, -0.2) is 12.1 Å². The number of nitrogens with zero attached hydrogens (tertiary/aromatic N) is 1. The third-order valence-corrected chi connectivity index (χ3v) is 6.42. The van der Waals surface area contributed by atoms with Crippen molar-refractivity contribution in [2.24, 2.45) is 11.0 Å². The molecule has 1 unspecified atom stereocenters. The number of benzene rings is 3. The van der Waals surface area contributed by atoms with Crippen molar-refractivity contribution in [3.05, 3.63) is 105 Å². The molecule has 29 heavy (non-hydrogen) atoms. The fraction of sp³-hybridized carbons (Fsp3) is 0.200. The summed E-state index contributed by atoms with van der Waals surface area (Å²) in [6.07, 6.45) is 2.46. The van der Waals surface area contributed by atoms with Gasteiger partial charge in [0.1, 0.15) is 0 Å². The molecular weight excluding hydrogens is 424 g/mol. The summed E-state index contributed by atoms with van der Waals surface area (Å²) in [4.78, 5) is 12.9. The maximum Gasteiger partial charge on any atom is 0.244 e. The lowest BCUT2D eigenvalue weighted by atomic mass is 9.85. The van der Waals surface area contributed by atoms with E-state index in [1.165, 1.54) is 22.3 Å². The van der Waals surface area contributed by atoms with Crippen LogP contribution in [0.25, 0.3) is 0 Å². The number of carbonyl (C=O) groups is 1. The van der Waals surface area contributed by atoms with Crippen molar-refractivity contribution in [2.75, 3.05) is 0 Å². The van der Waals surface area contributed by atoms with Crippen molar-refractivity contribution in [2.45, 2.75) is 25.7 Å². The molecule has 1 aliphatic carbocycles. The minimum Gasteiger partial charge on any atom is -0.273 e. The van der Waals surface area contributed by atoms with Crippen molar-refractivity contribution in [1.82, 2.24) is 5.43 Å². The quantitative estimate of drug-likeness (QED) is 0.406. The Morgan fingerprint density at radius 3 is 2.07 bits per heavy atom. The van der Waals surface area contributed by atoms with Crippen LogP contribution in [-0.2, 0) is 10.2 Å². The highest BCUT2D eigenvalue weighted by Gasteiger charge is 2.60. The van der Waals surface area contributed by atoms with Crippen molar-refractivity contribution >= 4 is 28.1 Å². The highest BCUT2D eigenvalue weighted by Crippen LogP contribution is 2.59. The molecule has 0 spiro atoms. The molecule has 4 rings (SSSR count). The summed E-state index contributed by atoms with van der Waals surface area (Å²) >= 11 is 3.49. The van der Waals surface area contributed by atoms with Gasteiger partial charge in [-0.2, -0.15) is 5.10 Å². The third kappa shape index (κ3) is 3.90. The van der Waals surface area contributed by atoms with Gasteiger partial charge in [-0.25, -0.2) is 5.43 Å². The van der Waals surface area contributed by atoms with Crippen LogP contribution in [0.2, 0.25) is 0 Å². The van der Waals surface area contributed by atoms with Crippen LogP contribution in [0.5, 0.6) is 0 Å². The number of hydrogen-bond acceptors (Lipinski definition) is 2. The summed E-state index contributed by atoms with van der Waals surface area (Å²) in [5.41, 5.74) is 8.18. The zero-order valence-electron chi connectivity index (χ0n) is 16.5. The first kappa shape index (κ1) is 19.6. The fourth-order valence-corrected chi connectivity index (χ4v) is 4.30. The van der Waals surface area contributed by atoms with Gasteiger partial charge in [0, 0.05) is 15.5 Å². The predicted molar refractivity (Wildman–Crippen MR) is 121 cm³/mol. The van der Waals surface area contributed by atoms with Crippen LogP contribution in [0.1, 0.15) is 34.2 Å². The maximum atomic E-state index is 12.9. The van der Waals surface area contributed by atoms with Gasteiger partial charge in [-0.15, -0.1) is 0 Å². The van der Waals surface area contributed by atoms with Gasteiger partial charge in [-0.05, 0) is 37.5 Å². The minimum absolute atomic E-state index is 0.0468. The minimum atomic E-state index is -0.283. The van der Waals surface area contributed by atoms with Crippen LogP contribution in [0.4, 0.5) is 0 Å². The number of hydrazone groups is 1. The molecule has 3 aromatic carbocycles. The van der Waals surface area contributed by atoms with Crippen molar-refractivity contribution < 1.29 is 4.79 Å². The fourth-order valence-electron chi connectivity index (χ4n) is 3.91. The average molecular weight is 447 g/mol. The Hall–Kier alpha value is -2.72. The van der Waals surface area contributed by atoms with E-state index in [2.05, 4.69) is 88.8 Å². The standard InChI is InChI=1S/C25H23BrN2O/c1-17-7-11-20(12-8-17)25(21-13-9-18(2)10-14-21)15-22(25)24(29)28-27-16-19-5-3-4-6-23(19)26/h3-14,16,22H,15H2,1-2H3,(H,28,29)/b27-16+. The van der Waals surface area contributed by atoms with E-state index in [9.17, 15) is 4.79 Å². The molecule has 1 aliphatic rings. The second kappa shape index (κ2) is 7.96. The molecule has 1 fully saturated rings. The molecule has 3 aromatic rings. The van der Waals surface area contributed by atoms with Gasteiger partial charge in [0.2, 0.25) is 5.91 Å². The molecule has 0 aromatic heterocycles. The van der Waals surface area contributed by atoms with Gasteiger partial charge in [-0.1, -0.05) is 93.8 Å². The number of nitrogens with one attached hydrogen (secondary N) is 1. The Morgan fingerprint density at radius 2 is 1.52 bits per heavy atom. The van der Waals surface area contributed by atoms with Gasteiger partial charge >= 0.3 is 0 Å². The first-order chi connectivity index (χ1) is 14.0. The molecule has 1 N–H and O–H groups in total. The Morgan fingerprint density at radius 1 is 0.966 bits per heavy atom. The Labute approximate surface area is 180 Å². The lowest BCUT2D eigenvalue weighted by Gasteiger charge is -2.19. The second-order valence-corrected chi connectivity index (χ2v) is 8.57. The monoisotopic (exact) mass is 446 g/mol. The largest absolute Gasteiger partial charge is 0.273 e. The molecule has 1 atom stereocenters. The molecule has 4 heteroatoms. The van der Waals surface area contributed by atoms with Crippen LogP contribution in [0.3, 0.4) is 0 Å². The predicted octanol–water partition coefficient (Wildman–Crippen LogP) is 5.52. The van der Waals surface area contributed by atoms with Crippen LogP contribution < -0.4 is 5.43 Å². The molecule has 3 nitrogen and oxygen atoms in total. The Kier molecular flexibility index (Phi) is 5.37. The van der Waals surface area contributed by atoms with Gasteiger partial charge < -0.3 is 0 Å². The van der Waals surface area contributed by atoms with Crippen LogP contribution >= 0.6 is 15.9 Å². The van der Waals surface area contributed by atoms with E-state index < -0.39 is 0 Å². The SMILES string of the molecule is Cc1ccc(C2(c3ccc(C)cc3)CC2C(=O)N/N=C/c2ccccc2Br)cc1. The van der Waals surface area contributed by atoms with Crippen molar-refractivity contribution in [3.63, 3.8) is 0 Å². The number of hydrogen-bond donors (Lipinski definition) is 1. The maximum absolute atomic E-state index is 12.9. The molecule has 1 amide bonds. The first-order valence-corrected chi connectivity index (χ1v) is 10.5. The lowest BCUT2D eigenvalue weighted by Crippen LogP contribution is -2.25. The average Bonchev–Trinajstić information content (AvgIpc) is 3.47. The Balaban J connectivity index is 1.58. The van der Waals surface area contributed by atoms with E-state index >= 15 is 0 Å². The molecule has 0 saturated heterocycles. The molecule has 0 bridgehead atoms. The number of rotatable bonds is 5. The number of carbonyl (C=O) groups excluding carboxylic acids is 1. The van der Waals surface area contributed by atoms with Crippen molar-refractivity contribution in [3.8, 4) is 0 Å². The Bertz CT molecular complexity index is 1010. The highest BCUT2D eigenvalue weighted by atomic mass is 79.9. The molecule has 146 valence electrons. The number of aryl methyl sites for hydroxylation is 2. The van der Waals surface area contributed by atoms with Crippen LogP contribution in [0, 0.1) is 19.8 Å². The number of halogens is 1. The van der Waals surface area contributed by atoms with Gasteiger partial charge in [0.15, 0.2) is 0 Å². The van der Waals surface area contributed by atoms with Gasteiger partial charge in [0.05, 0.1) is 12.1 Å². The van der Waals surface area contributed by atoms with Gasteiger partial charge in [-0.3, -0.25) is 4.79 Å². The molecule has 0 aliphatic heterocycles. The third-order valence-electron chi connectivity index (χ3n) is 5.69. The van der Waals surface area contributed by atoms with Crippen molar-refractivity contribution in [1.29, 1.82) is 0 Å². The van der Waals surface area contributed by atoms with E-state index in [1.54, 1.807) is 6.21 Å². The van der Waals surface area contributed by atoms with Gasteiger partial charge in [0.25, 0.3) is 0 Å². The summed E-state index contributed by atoms with van der Waals surface area (Å²) in [5, 5.41) is 4.19. The lowest BCUT2D eigenvalue weighted by molar-refractivity contribution is -0.122. The normalized spacial score (nSPS) is 17.3. The van der Waals surface area contributed by atoms with E-state index in [0.717, 1.165) is 16.5 Å². The van der Waals surface area contributed by atoms with E-state index in [-0.39, 0.29) is 17.2 Å². The summed E-state index contributed by atoms with van der Waals surface area (Å²) in [6, 6.07) is 24.8. The zero-order chi connectivity index (χ0) is 20.4. The summed E-state index contributed by atoms with van der Waals surface area (Å²) in [6.45, 7) is 4.16. The number of amides is 1. The smallest absolute Gasteiger partial charge is 0.244 e. The van der Waals surface area contributed by atoms with E-state index in [1.807, 2.05) is 24.3 Å². The van der Waals surface area contributed by atoms with E-state index in [4.69, 9.17) is 0 Å². The molecule has 1 saturated carbocycles. The van der Waals surface area contributed by atoms with E-state index in [0.29, 0.717) is 0 Å². The second-order valence-electron chi connectivity index (χ2n) is 7.72. The highest BCUT2D eigenvalue weighted by molar-refractivity contribution is 9.10. The molecular formula is C25H23BrN2O.